The Kier molecular flexibility index (Phi) is 6.52. The SMILES string of the molecule is Cc1ccc(C)c(SCC(=O)OCC(=O)c2ccc(C)c([N+](=O)[O-])c2)c1. The van der Waals surface area contributed by atoms with E-state index in [0.29, 0.717) is 5.56 Å². The Morgan fingerprint density at radius 2 is 1.77 bits per heavy atom. The number of rotatable bonds is 7. The molecule has 0 aliphatic rings. The van der Waals surface area contributed by atoms with Crippen molar-refractivity contribution < 1.29 is 19.2 Å². The molecule has 26 heavy (non-hydrogen) atoms. The van der Waals surface area contributed by atoms with E-state index in [1.807, 2.05) is 32.0 Å². The first kappa shape index (κ1) is 19.7. The smallest absolute Gasteiger partial charge is 0.316 e. The third-order valence-corrected chi connectivity index (χ3v) is 4.91. The molecule has 0 bridgehead atoms. The van der Waals surface area contributed by atoms with Crippen LogP contribution in [0.15, 0.2) is 41.3 Å². The van der Waals surface area contributed by atoms with Crippen LogP contribution in [0, 0.1) is 30.9 Å². The van der Waals surface area contributed by atoms with Gasteiger partial charge in [-0.3, -0.25) is 19.7 Å². The summed E-state index contributed by atoms with van der Waals surface area (Å²) >= 11 is 1.35. The molecule has 0 saturated carbocycles. The molecule has 0 aliphatic heterocycles. The maximum absolute atomic E-state index is 12.1. The molecule has 0 spiro atoms. The normalized spacial score (nSPS) is 10.4. The Hall–Kier alpha value is -2.67. The maximum atomic E-state index is 12.1. The lowest BCUT2D eigenvalue weighted by Gasteiger charge is -2.07. The second-order valence-electron chi connectivity index (χ2n) is 5.90. The highest BCUT2D eigenvalue weighted by molar-refractivity contribution is 8.00. The van der Waals surface area contributed by atoms with E-state index in [9.17, 15) is 19.7 Å². The molecule has 6 nitrogen and oxygen atoms in total. The van der Waals surface area contributed by atoms with E-state index in [1.54, 1.807) is 6.92 Å². The zero-order chi connectivity index (χ0) is 19.3. The van der Waals surface area contributed by atoms with Crippen molar-refractivity contribution in [3.05, 3.63) is 68.8 Å². The van der Waals surface area contributed by atoms with Gasteiger partial charge in [-0.25, -0.2) is 0 Å². The molecular weight excluding hydrogens is 354 g/mol. The highest BCUT2D eigenvalue weighted by atomic mass is 32.2. The molecule has 136 valence electrons. The minimum Gasteiger partial charge on any atom is -0.457 e. The van der Waals surface area contributed by atoms with Gasteiger partial charge in [0.15, 0.2) is 6.61 Å². The van der Waals surface area contributed by atoms with Gasteiger partial charge in [-0.1, -0.05) is 29.8 Å². The van der Waals surface area contributed by atoms with Gasteiger partial charge in [0.2, 0.25) is 5.78 Å². The van der Waals surface area contributed by atoms with Crippen LogP contribution in [-0.2, 0) is 9.53 Å². The summed E-state index contributed by atoms with van der Waals surface area (Å²) in [6.07, 6.45) is 0. The second-order valence-corrected chi connectivity index (χ2v) is 6.92. The van der Waals surface area contributed by atoms with Crippen molar-refractivity contribution in [2.75, 3.05) is 12.4 Å². The van der Waals surface area contributed by atoms with Crippen molar-refractivity contribution in [3.63, 3.8) is 0 Å². The zero-order valence-corrected chi connectivity index (χ0v) is 15.6. The summed E-state index contributed by atoms with van der Waals surface area (Å²) in [6.45, 7) is 5.09. The monoisotopic (exact) mass is 373 g/mol. The Morgan fingerprint density at radius 1 is 1.08 bits per heavy atom. The fourth-order valence-electron chi connectivity index (χ4n) is 2.25. The minimum atomic E-state index is -0.543. The number of hydrogen-bond donors (Lipinski definition) is 0. The number of nitrogens with zero attached hydrogens (tertiary/aromatic N) is 1. The fraction of sp³-hybridized carbons (Fsp3) is 0.263. The number of carbonyl (C=O) groups is 2. The van der Waals surface area contributed by atoms with Crippen LogP contribution in [0.1, 0.15) is 27.0 Å². The number of esters is 1. The van der Waals surface area contributed by atoms with Crippen LogP contribution in [0.25, 0.3) is 0 Å². The molecule has 0 unspecified atom stereocenters. The summed E-state index contributed by atoms with van der Waals surface area (Å²) in [6, 6.07) is 10.2. The molecule has 0 N–H and O–H groups in total. The van der Waals surface area contributed by atoms with Crippen molar-refractivity contribution >= 4 is 29.2 Å². The van der Waals surface area contributed by atoms with Gasteiger partial charge in [-0.2, -0.15) is 0 Å². The number of nitro benzene ring substituents is 1. The lowest BCUT2D eigenvalue weighted by molar-refractivity contribution is -0.385. The quantitative estimate of drug-likeness (QED) is 0.239. The number of benzene rings is 2. The molecule has 0 aliphatic carbocycles. The fourth-order valence-corrected chi connectivity index (χ4v) is 3.17. The summed E-state index contributed by atoms with van der Waals surface area (Å²) in [5.41, 5.74) is 2.65. The van der Waals surface area contributed by atoms with Gasteiger partial charge < -0.3 is 4.74 Å². The second kappa shape index (κ2) is 8.62. The van der Waals surface area contributed by atoms with Gasteiger partial charge in [0.05, 0.1) is 10.7 Å². The van der Waals surface area contributed by atoms with Crippen LogP contribution in [0.4, 0.5) is 5.69 Å². The van der Waals surface area contributed by atoms with Gasteiger partial charge in [-0.05, 0) is 32.4 Å². The Labute approximate surface area is 155 Å². The minimum absolute atomic E-state index is 0.0889. The van der Waals surface area contributed by atoms with Crippen LogP contribution in [0.3, 0.4) is 0 Å². The molecule has 0 aromatic heterocycles. The van der Waals surface area contributed by atoms with E-state index in [0.717, 1.165) is 16.0 Å². The molecule has 0 saturated heterocycles. The topological polar surface area (TPSA) is 86.5 Å². The largest absolute Gasteiger partial charge is 0.457 e. The van der Waals surface area contributed by atoms with Crippen molar-refractivity contribution in [2.24, 2.45) is 0 Å². The molecule has 0 fully saturated rings. The third kappa shape index (κ3) is 5.16. The molecular formula is C19H19NO5S. The van der Waals surface area contributed by atoms with E-state index in [-0.39, 0.29) is 17.0 Å². The Morgan fingerprint density at radius 3 is 2.46 bits per heavy atom. The Balaban J connectivity index is 1.91. The highest BCUT2D eigenvalue weighted by Gasteiger charge is 2.16. The number of hydrogen-bond acceptors (Lipinski definition) is 6. The molecule has 0 heterocycles. The van der Waals surface area contributed by atoms with Gasteiger partial charge in [-0.15, -0.1) is 11.8 Å². The first-order valence-corrected chi connectivity index (χ1v) is 8.90. The number of aryl methyl sites for hydroxylation is 3. The predicted octanol–water partition coefficient (Wildman–Crippen LogP) is 4.04. The van der Waals surface area contributed by atoms with Crippen molar-refractivity contribution in [2.45, 2.75) is 25.7 Å². The molecule has 2 aromatic rings. The molecule has 7 heteroatoms. The predicted molar refractivity (Wildman–Crippen MR) is 99.8 cm³/mol. The number of nitro groups is 1. The number of ketones is 1. The Bertz CT molecular complexity index is 863. The number of carbonyl (C=O) groups excluding carboxylic acids is 2. The molecule has 2 aromatic carbocycles. The van der Waals surface area contributed by atoms with E-state index in [1.165, 1.54) is 30.0 Å². The lowest BCUT2D eigenvalue weighted by atomic mass is 10.1. The van der Waals surface area contributed by atoms with Gasteiger partial charge in [0.1, 0.15) is 0 Å². The first-order chi connectivity index (χ1) is 12.3. The van der Waals surface area contributed by atoms with Crippen LogP contribution >= 0.6 is 11.8 Å². The average Bonchev–Trinajstić information content (AvgIpc) is 2.60. The van der Waals surface area contributed by atoms with Gasteiger partial charge >= 0.3 is 5.97 Å². The van der Waals surface area contributed by atoms with Gasteiger partial charge in [0.25, 0.3) is 5.69 Å². The van der Waals surface area contributed by atoms with Crippen LogP contribution < -0.4 is 0 Å². The summed E-state index contributed by atoms with van der Waals surface area (Å²) in [5, 5.41) is 10.9. The van der Waals surface area contributed by atoms with Crippen molar-refractivity contribution in [1.82, 2.24) is 0 Å². The zero-order valence-electron chi connectivity index (χ0n) is 14.8. The van der Waals surface area contributed by atoms with Gasteiger partial charge in [0, 0.05) is 22.1 Å². The molecule has 0 radical (unpaired) electrons. The number of thioether (sulfide) groups is 1. The van der Waals surface area contributed by atoms with E-state index in [4.69, 9.17) is 4.74 Å². The standard InChI is InChI=1S/C19H19NO5S/c1-12-4-5-14(3)18(8-12)26-11-19(22)25-10-17(21)15-7-6-13(2)16(9-15)20(23)24/h4-9H,10-11H2,1-3H3. The van der Waals surface area contributed by atoms with E-state index >= 15 is 0 Å². The van der Waals surface area contributed by atoms with Crippen molar-refractivity contribution in [1.29, 1.82) is 0 Å². The molecule has 0 atom stereocenters. The van der Waals surface area contributed by atoms with Crippen LogP contribution in [0.2, 0.25) is 0 Å². The number of Topliss-reactive ketones (excluding diaryl/α,β-unsaturated/α-hetero) is 1. The van der Waals surface area contributed by atoms with Crippen LogP contribution in [-0.4, -0.2) is 29.0 Å². The van der Waals surface area contributed by atoms with E-state index in [2.05, 4.69) is 0 Å². The summed E-state index contributed by atoms with van der Waals surface area (Å²) < 4.78 is 5.00. The summed E-state index contributed by atoms with van der Waals surface area (Å²) in [4.78, 5) is 35.4. The summed E-state index contributed by atoms with van der Waals surface area (Å²) in [5.74, 6) is -0.893. The molecule has 0 amide bonds. The lowest BCUT2D eigenvalue weighted by Crippen LogP contribution is -2.15. The highest BCUT2D eigenvalue weighted by Crippen LogP contribution is 2.24. The number of ether oxygens (including phenoxy) is 1. The average molecular weight is 373 g/mol. The van der Waals surface area contributed by atoms with Crippen LogP contribution in [0.5, 0.6) is 0 Å². The summed E-state index contributed by atoms with van der Waals surface area (Å²) in [7, 11) is 0. The first-order valence-electron chi connectivity index (χ1n) is 7.92. The van der Waals surface area contributed by atoms with E-state index < -0.39 is 23.3 Å². The maximum Gasteiger partial charge on any atom is 0.316 e. The third-order valence-electron chi connectivity index (χ3n) is 3.78. The molecule has 2 rings (SSSR count). The van der Waals surface area contributed by atoms with Crippen molar-refractivity contribution in [3.8, 4) is 0 Å².